The van der Waals surface area contributed by atoms with E-state index in [0.29, 0.717) is 24.5 Å². The first kappa shape index (κ1) is 16.8. The topological polar surface area (TPSA) is 78.3 Å². The van der Waals surface area contributed by atoms with Crippen molar-refractivity contribution in [1.82, 2.24) is 9.88 Å². The van der Waals surface area contributed by atoms with Crippen molar-refractivity contribution in [3.63, 3.8) is 0 Å². The number of aromatic nitrogens is 1. The normalized spacial score (nSPS) is 16.4. The molecule has 1 aromatic carbocycles. The van der Waals surface area contributed by atoms with Gasteiger partial charge in [-0.05, 0) is 43.2 Å². The van der Waals surface area contributed by atoms with Crippen molar-refractivity contribution in [3.05, 3.63) is 53.2 Å². The molecule has 1 aromatic heterocycles. The summed E-state index contributed by atoms with van der Waals surface area (Å²) >= 11 is 0. The molecule has 0 aliphatic carbocycles. The molecular formula is C19H20N4O2. The Morgan fingerprint density at radius 3 is 2.92 bits per heavy atom. The number of pyridine rings is 1. The Kier molecular flexibility index (Phi) is 4.85. The number of nitrogens with zero attached hydrogens (tertiary/aromatic N) is 3. The van der Waals surface area contributed by atoms with Gasteiger partial charge < -0.3 is 15.0 Å². The van der Waals surface area contributed by atoms with E-state index in [0.717, 1.165) is 17.7 Å². The molecule has 1 saturated heterocycles. The van der Waals surface area contributed by atoms with Gasteiger partial charge in [0.15, 0.2) is 0 Å². The van der Waals surface area contributed by atoms with Gasteiger partial charge in [-0.2, -0.15) is 5.26 Å². The van der Waals surface area contributed by atoms with Gasteiger partial charge >= 0.3 is 6.03 Å². The Bertz CT molecular complexity index is 828. The average molecular weight is 336 g/mol. The van der Waals surface area contributed by atoms with Crippen LogP contribution in [0.25, 0.3) is 0 Å². The summed E-state index contributed by atoms with van der Waals surface area (Å²) in [5, 5.41) is 11.8. The van der Waals surface area contributed by atoms with Crippen LogP contribution in [0, 0.1) is 25.2 Å². The number of carbonyl (C=O) groups is 1. The minimum Gasteiger partial charge on any atom is -0.472 e. The number of carbonyl (C=O) groups excluding carboxylic acids is 1. The maximum absolute atomic E-state index is 12.4. The summed E-state index contributed by atoms with van der Waals surface area (Å²) in [7, 11) is 0. The maximum atomic E-state index is 12.4. The van der Waals surface area contributed by atoms with Gasteiger partial charge in [-0.15, -0.1) is 0 Å². The number of amides is 2. The van der Waals surface area contributed by atoms with Crippen molar-refractivity contribution in [2.45, 2.75) is 26.4 Å². The van der Waals surface area contributed by atoms with Gasteiger partial charge in [0.05, 0.1) is 18.2 Å². The summed E-state index contributed by atoms with van der Waals surface area (Å²) in [6.07, 6.45) is 2.17. The highest BCUT2D eigenvalue weighted by Crippen LogP contribution is 2.19. The third-order valence-electron chi connectivity index (χ3n) is 4.34. The van der Waals surface area contributed by atoms with Crippen LogP contribution in [0.4, 0.5) is 10.5 Å². The summed E-state index contributed by atoms with van der Waals surface area (Å²) in [5.74, 6) is 0.417. The zero-order chi connectivity index (χ0) is 17.8. The number of likely N-dealkylation sites (tertiary alicyclic amines) is 1. The van der Waals surface area contributed by atoms with Gasteiger partial charge in [-0.3, -0.25) is 0 Å². The number of nitriles is 1. The van der Waals surface area contributed by atoms with E-state index in [1.807, 2.05) is 32.0 Å². The molecule has 25 heavy (non-hydrogen) atoms. The highest BCUT2D eigenvalue weighted by Gasteiger charge is 2.28. The van der Waals surface area contributed by atoms with Crippen molar-refractivity contribution in [3.8, 4) is 11.9 Å². The molecule has 0 saturated carbocycles. The molecule has 0 radical (unpaired) electrons. The molecular weight excluding hydrogens is 316 g/mol. The molecule has 6 nitrogen and oxygen atoms in total. The van der Waals surface area contributed by atoms with Crippen molar-refractivity contribution in [2.24, 2.45) is 0 Å². The van der Waals surface area contributed by atoms with E-state index in [1.165, 1.54) is 5.56 Å². The third kappa shape index (κ3) is 4.07. The molecule has 1 atom stereocenters. The number of urea groups is 1. The molecule has 2 aromatic rings. The molecule has 1 N–H and O–H groups in total. The van der Waals surface area contributed by atoms with E-state index in [4.69, 9.17) is 10.00 Å². The summed E-state index contributed by atoms with van der Waals surface area (Å²) in [4.78, 5) is 18.3. The monoisotopic (exact) mass is 336 g/mol. The molecule has 0 spiro atoms. The average Bonchev–Trinajstić information content (AvgIpc) is 3.07. The minimum atomic E-state index is -0.131. The Morgan fingerprint density at radius 2 is 2.16 bits per heavy atom. The summed E-state index contributed by atoms with van der Waals surface area (Å²) < 4.78 is 5.80. The number of hydrogen-bond acceptors (Lipinski definition) is 4. The SMILES string of the molecule is Cc1ccc(NC(=O)N2CCC(Oc3cc(C#N)ccn3)C2)cc1C. The summed E-state index contributed by atoms with van der Waals surface area (Å²) in [5.41, 5.74) is 3.64. The van der Waals surface area contributed by atoms with Gasteiger partial charge in [0, 0.05) is 30.9 Å². The predicted octanol–water partition coefficient (Wildman–Crippen LogP) is 3.26. The van der Waals surface area contributed by atoms with Gasteiger partial charge in [0.25, 0.3) is 0 Å². The van der Waals surface area contributed by atoms with E-state index in [9.17, 15) is 4.79 Å². The molecule has 0 bridgehead atoms. The largest absolute Gasteiger partial charge is 0.472 e. The fourth-order valence-electron chi connectivity index (χ4n) is 2.74. The van der Waals surface area contributed by atoms with Gasteiger partial charge in [0.2, 0.25) is 5.88 Å². The van der Waals surface area contributed by atoms with Crippen molar-refractivity contribution in [1.29, 1.82) is 5.26 Å². The lowest BCUT2D eigenvalue weighted by atomic mass is 10.1. The van der Waals surface area contributed by atoms with Crippen LogP contribution in [-0.4, -0.2) is 35.1 Å². The molecule has 2 amide bonds. The van der Waals surface area contributed by atoms with E-state index in [2.05, 4.69) is 16.4 Å². The quantitative estimate of drug-likeness (QED) is 0.933. The van der Waals surface area contributed by atoms with E-state index < -0.39 is 0 Å². The van der Waals surface area contributed by atoms with Crippen LogP contribution >= 0.6 is 0 Å². The van der Waals surface area contributed by atoms with Crippen molar-refractivity contribution in [2.75, 3.05) is 18.4 Å². The first-order chi connectivity index (χ1) is 12.0. The lowest BCUT2D eigenvalue weighted by Gasteiger charge is -2.18. The fraction of sp³-hybridized carbons (Fsp3) is 0.316. The number of anilines is 1. The number of ether oxygens (including phenoxy) is 1. The number of rotatable bonds is 3. The number of benzene rings is 1. The second-order valence-corrected chi connectivity index (χ2v) is 6.20. The highest BCUT2D eigenvalue weighted by molar-refractivity contribution is 5.89. The van der Waals surface area contributed by atoms with E-state index >= 15 is 0 Å². The molecule has 2 heterocycles. The van der Waals surface area contributed by atoms with E-state index in [-0.39, 0.29) is 12.1 Å². The first-order valence-corrected chi connectivity index (χ1v) is 8.21. The van der Waals surface area contributed by atoms with Crippen LogP contribution in [0.15, 0.2) is 36.5 Å². The maximum Gasteiger partial charge on any atom is 0.321 e. The summed E-state index contributed by atoms with van der Waals surface area (Å²) in [6.45, 7) is 5.18. The fourth-order valence-corrected chi connectivity index (χ4v) is 2.74. The van der Waals surface area contributed by atoms with Crippen molar-refractivity contribution < 1.29 is 9.53 Å². The Balaban J connectivity index is 1.57. The van der Waals surface area contributed by atoms with Crippen LogP contribution in [-0.2, 0) is 0 Å². The van der Waals surface area contributed by atoms with E-state index in [1.54, 1.807) is 23.2 Å². The Morgan fingerprint density at radius 1 is 1.32 bits per heavy atom. The third-order valence-corrected chi connectivity index (χ3v) is 4.34. The zero-order valence-corrected chi connectivity index (χ0v) is 14.3. The van der Waals surface area contributed by atoms with Crippen LogP contribution in [0.5, 0.6) is 5.88 Å². The van der Waals surface area contributed by atoms with Gasteiger partial charge in [-0.1, -0.05) is 6.07 Å². The van der Waals surface area contributed by atoms with Crippen LogP contribution in [0.1, 0.15) is 23.1 Å². The second-order valence-electron chi connectivity index (χ2n) is 6.20. The van der Waals surface area contributed by atoms with Crippen LogP contribution < -0.4 is 10.1 Å². The van der Waals surface area contributed by atoms with Crippen molar-refractivity contribution >= 4 is 11.7 Å². The standard InChI is InChI=1S/C19H20N4O2/c1-13-3-4-16(9-14(13)2)22-19(24)23-8-6-17(12-23)25-18-10-15(11-20)5-7-21-18/h3-5,7,9-10,17H,6,8,12H2,1-2H3,(H,22,24). The highest BCUT2D eigenvalue weighted by atomic mass is 16.5. The lowest BCUT2D eigenvalue weighted by Crippen LogP contribution is -2.34. The second kappa shape index (κ2) is 7.22. The van der Waals surface area contributed by atoms with Gasteiger partial charge in [-0.25, -0.2) is 9.78 Å². The predicted molar refractivity (Wildman–Crippen MR) is 94.5 cm³/mol. The molecule has 3 rings (SSSR count). The molecule has 1 aliphatic rings. The molecule has 1 fully saturated rings. The summed E-state index contributed by atoms with van der Waals surface area (Å²) in [6, 6.07) is 11.0. The lowest BCUT2D eigenvalue weighted by molar-refractivity contribution is 0.190. The number of nitrogens with one attached hydrogen (secondary N) is 1. The van der Waals surface area contributed by atoms with Crippen LogP contribution in [0.2, 0.25) is 0 Å². The first-order valence-electron chi connectivity index (χ1n) is 8.21. The number of hydrogen-bond donors (Lipinski definition) is 1. The Hall–Kier alpha value is -3.07. The van der Waals surface area contributed by atoms with Gasteiger partial charge in [0.1, 0.15) is 6.10 Å². The Labute approximate surface area is 147 Å². The molecule has 1 unspecified atom stereocenters. The zero-order valence-electron chi connectivity index (χ0n) is 14.3. The smallest absolute Gasteiger partial charge is 0.321 e. The number of aryl methyl sites for hydroxylation is 2. The molecule has 1 aliphatic heterocycles. The van der Waals surface area contributed by atoms with Crippen LogP contribution in [0.3, 0.4) is 0 Å². The molecule has 6 heteroatoms. The molecule has 128 valence electrons. The minimum absolute atomic E-state index is 0.119.